The van der Waals surface area contributed by atoms with E-state index in [4.69, 9.17) is 4.74 Å². The molecule has 0 spiro atoms. The van der Waals surface area contributed by atoms with Crippen molar-refractivity contribution >= 4 is 21.8 Å². The number of fused-ring (bicyclic) bond motifs is 1. The highest BCUT2D eigenvalue weighted by Gasteiger charge is 2.47. The smallest absolute Gasteiger partial charge is 0.242 e. The van der Waals surface area contributed by atoms with Crippen LogP contribution in [0.25, 0.3) is 0 Å². The summed E-state index contributed by atoms with van der Waals surface area (Å²) in [5, 5.41) is 2.91. The van der Waals surface area contributed by atoms with Crippen molar-refractivity contribution in [3.63, 3.8) is 0 Å². The van der Waals surface area contributed by atoms with Gasteiger partial charge >= 0.3 is 0 Å². The molecule has 0 saturated carbocycles. The molecule has 10 heteroatoms. The van der Waals surface area contributed by atoms with Gasteiger partial charge in [-0.3, -0.25) is 14.5 Å². The lowest BCUT2D eigenvalue weighted by molar-refractivity contribution is -0.147. The highest BCUT2D eigenvalue weighted by molar-refractivity contribution is 7.88. The lowest BCUT2D eigenvalue weighted by Crippen LogP contribution is -2.65. The number of hydrogen-bond acceptors (Lipinski definition) is 6. The fraction of sp³-hybridized carbons (Fsp3) is 0.889. The Morgan fingerprint density at radius 3 is 2.50 bits per heavy atom. The van der Waals surface area contributed by atoms with E-state index < -0.39 is 16.1 Å². The van der Waals surface area contributed by atoms with Crippen molar-refractivity contribution in [1.29, 1.82) is 0 Å². The summed E-state index contributed by atoms with van der Waals surface area (Å²) in [4.78, 5) is 29.4. The first-order chi connectivity index (χ1) is 13.2. The Hall–Kier alpha value is -1.23. The molecule has 0 aromatic heterocycles. The fourth-order valence-electron chi connectivity index (χ4n) is 4.48. The second-order valence-electron chi connectivity index (χ2n) is 8.42. The minimum atomic E-state index is -3.32. The van der Waals surface area contributed by atoms with Crippen LogP contribution in [0.3, 0.4) is 0 Å². The Bertz CT molecular complexity index is 692. The van der Waals surface area contributed by atoms with Crippen LogP contribution in [-0.2, 0) is 24.3 Å². The van der Waals surface area contributed by atoms with Crippen LogP contribution < -0.4 is 10.0 Å². The van der Waals surface area contributed by atoms with Crippen LogP contribution in [0, 0.1) is 5.92 Å². The van der Waals surface area contributed by atoms with Crippen molar-refractivity contribution in [2.45, 2.75) is 57.3 Å². The molecule has 3 heterocycles. The van der Waals surface area contributed by atoms with Crippen LogP contribution in [0.15, 0.2) is 0 Å². The quantitative estimate of drug-likeness (QED) is 0.583. The largest absolute Gasteiger partial charge is 0.381 e. The van der Waals surface area contributed by atoms with Gasteiger partial charge in [0.05, 0.1) is 6.26 Å². The Morgan fingerprint density at radius 1 is 1.21 bits per heavy atom. The van der Waals surface area contributed by atoms with E-state index in [9.17, 15) is 18.0 Å². The fourth-order valence-corrected chi connectivity index (χ4v) is 5.25. The van der Waals surface area contributed by atoms with Crippen LogP contribution in [0.5, 0.6) is 0 Å². The number of carbonyl (C=O) groups excluding carboxylic acids is 2. The molecule has 3 aliphatic heterocycles. The van der Waals surface area contributed by atoms with Crippen LogP contribution in [0.1, 0.15) is 33.1 Å². The van der Waals surface area contributed by atoms with E-state index in [2.05, 4.69) is 14.9 Å². The predicted molar refractivity (Wildman–Crippen MR) is 104 cm³/mol. The highest BCUT2D eigenvalue weighted by atomic mass is 32.2. The van der Waals surface area contributed by atoms with Gasteiger partial charge in [0, 0.05) is 56.9 Å². The summed E-state index contributed by atoms with van der Waals surface area (Å²) in [7, 11) is -3.32. The maximum Gasteiger partial charge on any atom is 0.242 e. The molecule has 0 aromatic carbocycles. The molecule has 0 radical (unpaired) electrons. The standard InChI is InChI=1S/C18H32N4O5S/c1-12(2)17(23)19-9-16-18(24)22-10-13(20-28(3,25)26)8-15(22)11-21(16)14-4-6-27-7-5-14/h12-16,20H,4-11H2,1-3H3,(H,19,23)/t13-,15-,16-/m0/s1. The number of nitrogens with zero attached hydrogens (tertiary/aromatic N) is 2. The topological polar surface area (TPSA) is 108 Å². The second-order valence-corrected chi connectivity index (χ2v) is 10.2. The molecule has 3 aliphatic rings. The van der Waals surface area contributed by atoms with Gasteiger partial charge in [0.25, 0.3) is 0 Å². The zero-order valence-electron chi connectivity index (χ0n) is 16.9. The summed E-state index contributed by atoms with van der Waals surface area (Å²) < 4.78 is 31.3. The Morgan fingerprint density at radius 2 is 1.89 bits per heavy atom. The summed E-state index contributed by atoms with van der Waals surface area (Å²) in [6.45, 7) is 6.35. The molecular formula is C18H32N4O5S. The SMILES string of the molecule is CC(C)C(=O)NC[C@H]1C(=O)N2C[C@@H](NS(C)(=O)=O)C[C@H]2CN1C1CCOCC1. The van der Waals surface area contributed by atoms with Gasteiger partial charge in [0.15, 0.2) is 0 Å². The number of piperazine rings is 1. The molecule has 3 atom stereocenters. The molecule has 0 bridgehead atoms. The van der Waals surface area contributed by atoms with Crippen molar-refractivity contribution in [2.75, 3.05) is 39.1 Å². The third-order valence-corrected chi connectivity index (χ3v) is 6.60. The van der Waals surface area contributed by atoms with Crippen molar-refractivity contribution in [2.24, 2.45) is 5.92 Å². The van der Waals surface area contributed by atoms with Crippen molar-refractivity contribution in [3.05, 3.63) is 0 Å². The van der Waals surface area contributed by atoms with Crippen LogP contribution in [0.2, 0.25) is 0 Å². The summed E-state index contributed by atoms with van der Waals surface area (Å²) >= 11 is 0. The van der Waals surface area contributed by atoms with E-state index in [1.807, 2.05) is 13.8 Å². The number of rotatable bonds is 6. The average molecular weight is 417 g/mol. The highest BCUT2D eigenvalue weighted by Crippen LogP contribution is 2.30. The van der Waals surface area contributed by atoms with Crippen LogP contribution in [-0.4, -0.2) is 93.3 Å². The van der Waals surface area contributed by atoms with Crippen molar-refractivity contribution < 1.29 is 22.7 Å². The van der Waals surface area contributed by atoms with E-state index in [1.54, 1.807) is 4.90 Å². The van der Waals surface area contributed by atoms with E-state index >= 15 is 0 Å². The van der Waals surface area contributed by atoms with Gasteiger partial charge in [0.1, 0.15) is 6.04 Å². The zero-order valence-corrected chi connectivity index (χ0v) is 17.7. The van der Waals surface area contributed by atoms with E-state index in [-0.39, 0.29) is 42.4 Å². The first-order valence-electron chi connectivity index (χ1n) is 10.0. The van der Waals surface area contributed by atoms with E-state index in [1.165, 1.54) is 0 Å². The summed E-state index contributed by atoms with van der Waals surface area (Å²) in [5.74, 6) is -0.234. The van der Waals surface area contributed by atoms with Crippen molar-refractivity contribution in [1.82, 2.24) is 19.8 Å². The minimum Gasteiger partial charge on any atom is -0.381 e. The molecular weight excluding hydrogens is 384 g/mol. The molecule has 2 N–H and O–H groups in total. The molecule has 28 heavy (non-hydrogen) atoms. The molecule has 9 nitrogen and oxygen atoms in total. The lowest BCUT2D eigenvalue weighted by Gasteiger charge is -2.47. The Balaban J connectivity index is 1.75. The second kappa shape index (κ2) is 8.64. The van der Waals surface area contributed by atoms with Gasteiger partial charge in [-0.15, -0.1) is 0 Å². The number of nitrogens with one attached hydrogen (secondary N) is 2. The molecule has 160 valence electrons. The van der Waals surface area contributed by atoms with Gasteiger partial charge < -0.3 is 15.0 Å². The number of amides is 2. The third kappa shape index (κ3) is 5.03. The van der Waals surface area contributed by atoms with Gasteiger partial charge in [-0.25, -0.2) is 13.1 Å². The predicted octanol–water partition coefficient (Wildman–Crippen LogP) is -0.859. The Labute approximate surface area is 167 Å². The number of hydrogen-bond donors (Lipinski definition) is 2. The van der Waals surface area contributed by atoms with E-state index in [0.717, 1.165) is 19.1 Å². The summed E-state index contributed by atoms with van der Waals surface area (Å²) in [5.41, 5.74) is 0. The maximum atomic E-state index is 13.3. The first kappa shape index (κ1) is 21.5. The number of carbonyl (C=O) groups is 2. The molecule has 3 rings (SSSR count). The number of ether oxygens (including phenoxy) is 1. The third-order valence-electron chi connectivity index (χ3n) is 5.84. The Kier molecular flexibility index (Phi) is 6.63. The van der Waals surface area contributed by atoms with Crippen LogP contribution >= 0.6 is 0 Å². The molecule has 0 unspecified atom stereocenters. The van der Waals surface area contributed by atoms with E-state index in [0.29, 0.717) is 32.7 Å². The number of sulfonamides is 1. The first-order valence-corrected chi connectivity index (χ1v) is 11.9. The average Bonchev–Trinajstić information content (AvgIpc) is 3.02. The summed E-state index contributed by atoms with van der Waals surface area (Å²) in [6, 6.07) is -0.446. The monoisotopic (exact) mass is 416 g/mol. The molecule has 3 fully saturated rings. The zero-order chi connectivity index (χ0) is 20.5. The van der Waals surface area contributed by atoms with Crippen LogP contribution in [0.4, 0.5) is 0 Å². The van der Waals surface area contributed by atoms with Crippen molar-refractivity contribution in [3.8, 4) is 0 Å². The molecule has 2 amide bonds. The molecule has 0 aromatic rings. The molecule has 3 saturated heterocycles. The lowest BCUT2D eigenvalue weighted by atomic mass is 9.98. The molecule has 0 aliphatic carbocycles. The van der Waals surface area contributed by atoms with Gasteiger partial charge in [-0.1, -0.05) is 13.8 Å². The maximum absolute atomic E-state index is 13.3. The van der Waals surface area contributed by atoms with Gasteiger partial charge in [-0.2, -0.15) is 0 Å². The van der Waals surface area contributed by atoms with Gasteiger partial charge in [-0.05, 0) is 19.3 Å². The normalized spacial score (nSPS) is 29.9. The summed E-state index contributed by atoms with van der Waals surface area (Å²) in [6.07, 6.45) is 3.48. The van der Waals surface area contributed by atoms with Gasteiger partial charge in [0.2, 0.25) is 21.8 Å². The minimum absolute atomic E-state index is 0.00774.